The first kappa shape index (κ1) is 21.0. The third kappa shape index (κ3) is 6.74. The molecule has 0 amide bonds. The quantitative estimate of drug-likeness (QED) is 0.337. The smallest absolute Gasteiger partial charge is 0.191 e. The Hall–Kier alpha value is -0.0900. The second kappa shape index (κ2) is 10.0. The maximum atomic E-state index is 10.2. The Morgan fingerprint density at radius 2 is 2.30 bits per heavy atom. The summed E-state index contributed by atoms with van der Waals surface area (Å²) in [5.74, 6) is 0.695. The van der Waals surface area contributed by atoms with Gasteiger partial charge >= 0.3 is 0 Å². The number of halogens is 2. The van der Waals surface area contributed by atoms with E-state index in [9.17, 15) is 5.11 Å². The molecule has 132 valence electrons. The van der Waals surface area contributed by atoms with Crippen molar-refractivity contribution in [3.63, 3.8) is 0 Å². The zero-order valence-corrected chi connectivity index (χ0v) is 17.4. The van der Waals surface area contributed by atoms with E-state index in [2.05, 4.69) is 22.5 Å². The van der Waals surface area contributed by atoms with Crippen molar-refractivity contribution >= 4 is 52.9 Å². The van der Waals surface area contributed by atoms with Crippen LogP contribution in [0.15, 0.2) is 17.1 Å². The molecule has 0 bridgehead atoms. The molecule has 1 aromatic rings. The molecule has 0 spiro atoms. The highest BCUT2D eigenvalue weighted by molar-refractivity contribution is 14.0. The van der Waals surface area contributed by atoms with Crippen LogP contribution >= 0.6 is 46.9 Å². The number of hydrogen-bond donors (Lipinski definition) is 3. The molecule has 0 aliphatic carbocycles. The Morgan fingerprint density at radius 1 is 1.52 bits per heavy atom. The van der Waals surface area contributed by atoms with Gasteiger partial charge in [0.15, 0.2) is 5.96 Å². The topological polar surface area (TPSA) is 65.9 Å². The first-order chi connectivity index (χ1) is 10.5. The van der Waals surface area contributed by atoms with Crippen molar-refractivity contribution in [2.45, 2.75) is 38.4 Å². The molecule has 1 fully saturated rings. The summed E-state index contributed by atoms with van der Waals surface area (Å²) in [6, 6.07) is 3.64. The number of guanidine groups is 1. The van der Waals surface area contributed by atoms with Crippen LogP contribution < -0.4 is 10.6 Å². The van der Waals surface area contributed by atoms with E-state index in [1.54, 1.807) is 6.07 Å². The van der Waals surface area contributed by atoms with Gasteiger partial charge in [0, 0.05) is 24.6 Å². The van der Waals surface area contributed by atoms with E-state index >= 15 is 0 Å². The summed E-state index contributed by atoms with van der Waals surface area (Å²) in [6.07, 6.45) is 1.53. The predicted octanol–water partition coefficient (Wildman–Crippen LogP) is 3.18. The van der Waals surface area contributed by atoms with Gasteiger partial charge in [-0.15, -0.1) is 35.3 Å². The molecule has 0 saturated carbocycles. The van der Waals surface area contributed by atoms with Gasteiger partial charge in [-0.1, -0.05) is 11.6 Å². The zero-order chi connectivity index (χ0) is 16.0. The second-order valence-electron chi connectivity index (χ2n) is 5.64. The highest BCUT2D eigenvalue weighted by Gasteiger charge is 2.29. The molecule has 5 nitrogen and oxygen atoms in total. The van der Waals surface area contributed by atoms with Crippen molar-refractivity contribution in [2.24, 2.45) is 4.99 Å². The fraction of sp³-hybridized carbons (Fsp3) is 0.667. The minimum Gasteiger partial charge on any atom is -0.386 e. The van der Waals surface area contributed by atoms with E-state index in [0.717, 1.165) is 30.9 Å². The largest absolute Gasteiger partial charge is 0.386 e. The van der Waals surface area contributed by atoms with Gasteiger partial charge in [-0.3, -0.25) is 4.99 Å². The van der Waals surface area contributed by atoms with Crippen LogP contribution in [-0.4, -0.2) is 42.9 Å². The van der Waals surface area contributed by atoms with Gasteiger partial charge in [-0.2, -0.15) is 0 Å². The summed E-state index contributed by atoms with van der Waals surface area (Å²) in [6.45, 7) is 6.69. The molecule has 2 heterocycles. The van der Waals surface area contributed by atoms with Crippen molar-refractivity contribution in [1.29, 1.82) is 0 Å². The normalized spacial score (nSPS) is 22.5. The van der Waals surface area contributed by atoms with Crippen molar-refractivity contribution in [1.82, 2.24) is 10.6 Å². The lowest BCUT2D eigenvalue weighted by atomic mass is 10.0. The van der Waals surface area contributed by atoms with Crippen LogP contribution in [0.5, 0.6) is 0 Å². The molecular formula is C15H25ClIN3O2S. The molecular weight excluding hydrogens is 449 g/mol. The van der Waals surface area contributed by atoms with E-state index in [-0.39, 0.29) is 29.6 Å². The fourth-order valence-corrected chi connectivity index (χ4v) is 3.40. The zero-order valence-electron chi connectivity index (χ0n) is 13.5. The number of nitrogens with one attached hydrogen (secondary N) is 2. The van der Waals surface area contributed by atoms with Crippen LogP contribution in [0, 0.1) is 0 Å². The Bertz CT molecular complexity index is 507. The molecule has 2 rings (SSSR count). The van der Waals surface area contributed by atoms with Gasteiger partial charge in [0.25, 0.3) is 0 Å². The van der Waals surface area contributed by atoms with Crippen molar-refractivity contribution in [3.05, 3.63) is 21.3 Å². The maximum Gasteiger partial charge on any atom is 0.191 e. The molecule has 1 aromatic heterocycles. The third-order valence-electron chi connectivity index (χ3n) is 3.60. The van der Waals surface area contributed by atoms with Crippen LogP contribution in [0.4, 0.5) is 0 Å². The van der Waals surface area contributed by atoms with E-state index < -0.39 is 6.10 Å². The summed E-state index contributed by atoms with van der Waals surface area (Å²) >= 11 is 7.28. The first-order valence-corrected chi connectivity index (χ1v) is 8.81. The van der Waals surface area contributed by atoms with E-state index in [1.807, 2.05) is 13.0 Å². The Morgan fingerprint density at radius 3 is 2.87 bits per heavy atom. The Balaban J connectivity index is 0.00000264. The number of aliphatic hydroxyl groups is 1. The van der Waals surface area contributed by atoms with Crippen LogP contribution in [0.1, 0.15) is 37.7 Å². The minimum absolute atomic E-state index is 0. The minimum atomic E-state index is -0.598. The molecule has 8 heteroatoms. The molecule has 2 atom stereocenters. The predicted molar refractivity (Wildman–Crippen MR) is 107 cm³/mol. The summed E-state index contributed by atoms with van der Waals surface area (Å²) in [4.78, 5) is 5.42. The van der Waals surface area contributed by atoms with Crippen LogP contribution in [0.25, 0.3) is 0 Å². The third-order valence-corrected chi connectivity index (χ3v) is 4.93. The molecule has 0 aromatic carbocycles. The van der Waals surface area contributed by atoms with Gasteiger partial charge in [0.05, 0.1) is 16.5 Å². The number of aliphatic hydroxyl groups excluding tert-OH is 1. The molecule has 0 radical (unpaired) electrons. The summed E-state index contributed by atoms with van der Waals surface area (Å²) in [5.41, 5.74) is -0.164. The van der Waals surface area contributed by atoms with Crippen LogP contribution in [0.3, 0.4) is 0 Å². The molecule has 1 saturated heterocycles. The average Bonchev–Trinajstić information content (AvgIpc) is 3.11. The highest BCUT2D eigenvalue weighted by atomic mass is 127. The van der Waals surface area contributed by atoms with E-state index in [4.69, 9.17) is 16.3 Å². The molecule has 1 aliphatic heterocycles. The number of nitrogens with zero attached hydrogens (tertiary/aromatic N) is 1. The van der Waals surface area contributed by atoms with Crippen molar-refractivity contribution in [3.8, 4) is 0 Å². The Kier molecular flexibility index (Phi) is 9.13. The maximum absolute atomic E-state index is 10.2. The molecule has 23 heavy (non-hydrogen) atoms. The number of thiophene rings is 1. The first-order valence-electron chi connectivity index (χ1n) is 7.62. The summed E-state index contributed by atoms with van der Waals surface area (Å²) < 4.78 is 6.42. The van der Waals surface area contributed by atoms with Gasteiger partial charge in [0.1, 0.15) is 6.10 Å². The summed E-state index contributed by atoms with van der Waals surface area (Å²) in [5, 5.41) is 16.5. The number of rotatable bonds is 6. The van der Waals surface area contributed by atoms with Gasteiger partial charge in [-0.25, -0.2) is 0 Å². The number of hydrogen-bond acceptors (Lipinski definition) is 4. The van der Waals surface area contributed by atoms with Crippen LogP contribution in [0.2, 0.25) is 4.34 Å². The fourth-order valence-electron chi connectivity index (χ4n) is 2.35. The highest BCUT2D eigenvalue weighted by Crippen LogP contribution is 2.26. The molecule has 3 N–H and O–H groups in total. The standard InChI is InChI=1S/C15H24ClN3O2S.HI/c1-3-17-14(19-10-15(2)7-4-8-21-15)18-9-11(20)12-5-6-13(16)22-12;/h5-6,11,20H,3-4,7-10H2,1-2H3,(H2,17,18,19);1H. The van der Waals surface area contributed by atoms with Gasteiger partial charge in [-0.05, 0) is 38.8 Å². The number of ether oxygens (including phenoxy) is 1. The monoisotopic (exact) mass is 473 g/mol. The van der Waals surface area contributed by atoms with Crippen LogP contribution in [-0.2, 0) is 4.74 Å². The average molecular weight is 474 g/mol. The molecule has 1 aliphatic rings. The lowest BCUT2D eigenvalue weighted by Crippen LogP contribution is -2.40. The summed E-state index contributed by atoms with van der Waals surface area (Å²) in [7, 11) is 0. The number of aliphatic imine (C=N–C) groups is 1. The second-order valence-corrected chi connectivity index (χ2v) is 7.38. The lowest BCUT2D eigenvalue weighted by molar-refractivity contribution is 0.0283. The van der Waals surface area contributed by atoms with Gasteiger partial charge < -0.3 is 20.5 Å². The Labute approximate surface area is 163 Å². The molecule has 2 unspecified atom stereocenters. The lowest BCUT2D eigenvalue weighted by Gasteiger charge is -2.22. The van der Waals surface area contributed by atoms with Gasteiger partial charge in [0.2, 0.25) is 0 Å². The SMILES string of the molecule is CCNC(=NCC1(C)CCCO1)NCC(O)c1ccc(Cl)s1.I. The van der Waals surface area contributed by atoms with Crippen molar-refractivity contribution in [2.75, 3.05) is 26.2 Å². The van der Waals surface area contributed by atoms with E-state index in [0.29, 0.717) is 23.4 Å². The van der Waals surface area contributed by atoms with E-state index in [1.165, 1.54) is 11.3 Å². The van der Waals surface area contributed by atoms with Crippen molar-refractivity contribution < 1.29 is 9.84 Å².